The second-order valence-electron chi connectivity index (χ2n) is 7.69. The van der Waals surface area contributed by atoms with Crippen LogP contribution >= 0.6 is 11.3 Å². The summed E-state index contributed by atoms with van der Waals surface area (Å²) in [5.74, 6) is -1.16. The minimum Gasteiger partial charge on any atom is -0.373 e. The molecule has 1 N–H and O–H groups in total. The molecule has 5 rings (SSSR count). The van der Waals surface area contributed by atoms with Gasteiger partial charge >= 0.3 is 0 Å². The maximum atomic E-state index is 12.7. The lowest BCUT2D eigenvalue weighted by atomic mass is 9.81. The van der Waals surface area contributed by atoms with E-state index in [0.29, 0.717) is 11.5 Å². The smallest absolute Gasteiger partial charge is 0.271 e. The normalized spacial score (nSPS) is 35.9. The third kappa shape index (κ3) is 2.15. The highest BCUT2D eigenvalue weighted by atomic mass is 32.1. The Bertz CT molecular complexity index is 760. The molecule has 0 spiro atoms. The lowest BCUT2D eigenvalue weighted by Crippen LogP contribution is -2.48. The fourth-order valence-electron chi connectivity index (χ4n) is 4.85. The number of rotatable bonds is 2. The first kappa shape index (κ1) is 15.5. The maximum Gasteiger partial charge on any atom is 0.271 e. The Kier molecular flexibility index (Phi) is 3.34. The number of amides is 3. The van der Waals surface area contributed by atoms with Crippen molar-refractivity contribution in [2.45, 2.75) is 51.2 Å². The lowest BCUT2D eigenvalue weighted by Gasteiger charge is -2.21. The lowest BCUT2D eigenvalue weighted by molar-refractivity contribution is -0.145. The number of hydrogen-bond donors (Lipinski definition) is 1. The largest absolute Gasteiger partial charge is 0.373 e. The molecular weight excluding hydrogens is 340 g/mol. The van der Waals surface area contributed by atoms with Crippen LogP contribution in [0.1, 0.15) is 47.0 Å². The minimum absolute atomic E-state index is 0.163. The van der Waals surface area contributed by atoms with Gasteiger partial charge in [-0.25, -0.2) is 0 Å². The summed E-state index contributed by atoms with van der Waals surface area (Å²) in [5, 5.41) is 2.82. The van der Waals surface area contributed by atoms with Gasteiger partial charge in [-0.3, -0.25) is 19.8 Å². The molecule has 7 heteroatoms. The molecule has 25 heavy (non-hydrogen) atoms. The van der Waals surface area contributed by atoms with E-state index in [-0.39, 0.29) is 29.9 Å². The van der Waals surface area contributed by atoms with Crippen LogP contribution in [0.25, 0.3) is 0 Å². The second-order valence-corrected chi connectivity index (χ2v) is 8.66. The van der Waals surface area contributed by atoms with Crippen LogP contribution in [0, 0.1) is 17.8 Å². The molecule has 132 valence electrons. The number of fused-ring (bicyclic) bond motifs is 6. The Labute approximate surface area is 149 Å². The Morgan fingerprint density at radius 2 is 1.88 bits per heavy atom. The Hall–Kier alpha value is -1.73. The highest BCUT2D eigenvalue weighted by Gasteiger charge is 2.62. The topological polar surface area (TPSA) is 75.7 Å². The van der Waals surface area contributed by atoms with E-state index in [1.54, 1.807) is 11.3 Å². The van der Waals surface area contributed by atoms with Gasteiger partial charge in [-0.2, -0.15) is 5.01 Å². The number of hydrazine groups is 1. The summed E-state index contributed by atoms with van der Waals surface area (Å²) in [6.07, 6.45) is 4.27. The predicted molar refractivity (Wildman–Crippen MR) is 89.7 cm³/mol. The van der Waals surface area contributed by atoms with E-state index in [9.17, 15) is 14.4 Å². The summed E-state index contributed by atoms with van der Waals surface area (Å²) in [5.41, 5.74) is 4.29. The highest BCUT2D eigenvalue weighted by Crippen LogP contribution is 2.48. The number of hydrogen-bond acceptors (Lipinski definition) is 5. The molecule has 1 aliphatic carbocycles. The number of thiophene rings is 1. The van der Waals surface area contributed by atoms with Crippen LogP contribution in [0.15, 0.2) is 5.38 Å². The van der Waals surface area contributed by atoms with Gasteiger partial charge < -0.3 is 4.74 Å². The summed E-state index contributed by atoms with van der Waals surface area (Å²) >= 11 is 1.60. The van der Waals surface area contributed by atoms with Crippen molar-refractivity contribution in [1.82, 2.24) is 10.4 Å². The number of carbonyl (C=O) groups excluding carboxylic acids is 3. The standard InChI is InChI=1S/C18H20N2O4S/c1-8-2-3-9-10(7-25-13(9)6-8)16(21)19-20-17(22)14-11-4-5-12(24-11)15(14)18(20)23/h7-8,11-12,14-15H,2-6H2,1H3,(H,19,21)/t8-,11-,12-,14-,15-/m0/s1. The first-order valence-corrected chi connectivity index (χ1v) is 9.86. The van der Waals surface area contributed by atoms with Gasteiger partial charge in [-0.1, -0.05) is 6.92 Å². The number of nitrogens with zero attached hydrogens (tertiary/aromatic N) is 1. The Morgan fingerprint density at radius 3 is 2.56 bits per heavy atom. The predicted octanol–water partition coefficient (Wildman–Crippen LogP) is 1.68. The molecule has 5 atom stereocenters. The molecule has 6 nitrogen and oxygen atoms in total. The zero-order valence-electron chi connectivity index (χ0n) is 14.0. The van der Waals surface area contributed by atoms with Crippen LogP contribution in [0.2, 0.25) is 0 Å². The molecule has 1 aromatic rings. The molecule has 3 saturated heterocycles. The number of ether oxygens (including phenoxy) is 1. The van der Waals surface area contributed by atoms with Gasteiger partial charge in [0.2, 0.25) is 0 Å². The van der Waals surface area contributed by atoms with Gasteiger partial charge in [0.1, 0.15) is 0 Å². The Morgan fingerprint density at radius 1 is 1.20 bits per heavy atom. The molecule has 4 aliphatic rings. The summed E-state index contributed by atoms with van der Waals surface area (Å²) in [6.45, 7) is 2.22. The van der Waals surface area contributed by atoms with Crippen molar-refractivity contribution >= 4 is 29.1 Å². The third-order valence-corrected chi connectivity index (χ3v) is 7.20. The van der Waals surface area contributed by atoms with Gasteiger partial charge in [0.05, 0.1) is 29.6 Å². The molecular formula is C18H20N2O4S. The van der Waals surface area contributed by atoms with E-state index in [0.717, 1.165) is 42.7 Å². The van der Waals surface area contributed by atoms with Crippen molar-refractivity contribution in [3.05, 3.63) is 21.4 Å². The van der Waals surface area contributed by atoms with Crippen molar-refractivity contribution in [2.24, 2.45) is 17.8 Å². The Balaban J connectivity index is 1.37. The summed E-state index contributed by atoms with van der Waals surface area (Å²) < 4.78 is 5.71. The highest BCUT2D eigenvalue weighted by molar-refractivity contribution is 7.10. The third-order valence-electron chi connectivity index (χ3n) is 6.14. The first-order chi connectivity index (χ1) is 12.0. The van der Waals surface area contributed by atoms with E-state index in [4.69, 9.17) is 4.74 Å². The number of carbonyl (C=O) groups is 3. The molecule has 3 amide bonds. The quantitative estimate of drug-likeness (QED) is 0.814. The zero-order chi connectivity index (χ0) is 17.3. The molecule has 4 heterocycles. The molecule has 3 aliphatic heterocycles. The molecule has 3 fully saturated rings. The van der Waals surface area contributed by atoms with Crippen LogP contribution in [0.3, 0.4) is 0 Å². The van der Waals surface area contributed by atoms with Crippen LogP contribution in [-0.2, 0) is 27.2 Å². The molecule has 0 unspecified atom stereocenters. The van der Waals surface area contributed by atoms with E-state index in [1.165, 1.54) is 4.88 Å². The maximum absolute atomic E-state index is 12.7. The fourth-order valence-corrected chi connectivity index (χ4v) is 6.10. The van der Waals surface area contributed by atoms with Gasteiger partial charge in [0, 0.05) is 10.3 Å². The van der Waals surface area contributed by atoms with E-state index < -0.39 is 11.8 Å². The number of nitrogens with one attached hydrogen (secondary N) is 1. The van der Waals surface area contributed by atoms with Crippen LogP contribution in [0.5, 0.6) is 0 Å². The molecule has 0 saturated carbocycles. The fraction of sp³-hybridized carbons (Fsp3) is 0.611. The molecule has 0 radical (unpaired) electrons. The second kappa shape index (κ2) is 5.38. The van der Waals surface area contributed by atoms with Crippen molar-refractivity contribution in [3.63, 3.8) is 0 Å². The zero-order valence-corrected chi connectivity index (χ0v) is 14.8. The van der Waals surface area contributed by atoms with Crippen molar-refractivity contribution < 1.29 is 19.1 Å². The van der Waals surface area contributed by atoms with Gasteiger partial charge in [0.25, 0.3) is 17.7 Å². The first-order valence-electron chi connectivity index (χ1n) is 8.98. The van der Waals surface area contributed by atoms with Crippen LogP contribution in [-0.4, -0.2) is 34.9 Å². The van der Waals surface area contributed by atoms with E-state index in [2.05, 4.69) is 12.3 Å². The van der Waals surface area contributed by atoms with Crippen LogP contribution < -0.4 is 5.43 Å². The van der Waals surface area contributed by atoms with Crippen molar-refractivity contribution in [3.8, 4) is 0 Å². The van der Waals surface area contributed by atoms with Crippen molar-refractivity contribution in [2.75, 3.05) is 0 Å². The molecule has 0 aromatic carbocycles. The van der Waals surface area contributed by atoms with E-state index >= 15 is 0 Å². The molecule has 1 aromatic heterocycles. The minimum atomic E-state index is -0.413. The monoisotopic (exact) mass is 360 g/mol. The summed E-state index contributed by atoms with van der Waals surface area (Å²) in [7, 11) is 0. The van der Waals surface area contributed by atoms with Gasteiger partial charge in [-0.15, -0.1) is 11.3 Å². The van der Waals surface area contributed by atoms with Crippen LogP contribution in [0.4, 0.5) is 0 Å². The van der Waals surface area contributed by atoms with Gasteiger partial charge in [0.15, 0.2) is 0 Å². The van der Waals surface area contributed by atoms with Crippen molar-refractivity contribution in [1.29, 1.82) is 0 Å². The SMILES string of the molecule is C[C@H]1CCc2c(C(=O)NN3C(=O)[C@@H]4[C@@H](C3=O)[C@@H]3CC[C@@H]4O3)csc2C1. The van der Waals surface area contributed by atoms with E-state index in [1.807, 2.05) is 5.38 Å². The van der Waals surface area contributed by atoms with Gasteiger partial charge in [-0.05, 0) is 43.6 Å². The average Bonchev–Trinajstić information content (AvgIpc) is 3.34. The summed E-state index contributed by atoms with van der Waals surface area (Å²) in [6, 6.07) is 0. The number of imide groups is 1. The molecule has 2 bridgehead atoms. The average molecular weight is 360 g/mol. The summed E-state index contributed by atoms with van der Waals surface area (Å²) in [4.78, 5) is 39.3.